The Balaban J connectivity index is 1.45. The van der Waals surface area contributed by atoms with Crippen molar-refractivity contribution < 1.29 is 32.0 Å². The van der Waals surface area contributed by atoms with Gasteiger partial charge in [-0.3, -0.25) is 9.59 Å². The molecule has 1 aliphatic rings. The van der Waals surface area contributed by atoms with Gasteiger partial charge in [0.05, 0.1) is 29.2 Å². The summed E-state index contributed by atoms with van der Waals surface area (Å²) in [6, 6.07) is 6.56. The first-order chi connectivity index (χ1) is 14.6. The minimum Gasteiger partial charge on any atom is -0.489 e. The molecule has 1 amide bonds. The van der Waals surface area contributed by atoms with Crippen molar-refractivity contribution in [3.05, 3.63) is 46.8 Å². The average Bonchev–Trinajstić information content (AvgIpc) is 3.21. The fourth-order valence-corrected chi connectivity index (χ4v) is 4.93. The maximum absolute atomic E-state index is 12.2. The van der Waals surface area contributed by atoms with E-state index in [-0.39, 0.29) is 17.9 Å². The summed E-state index contributed by atoms with van der Waals surface area (Å²) in [5.74, 6) is 0.277. The van der Waals surface area contributed by atoms with Crippen LogP contribution in [0.5, 0.6) is 5.75 Å². The quantitative estimate of drug-likeness (QED) is 0.602. The van der Waals surface area contributed by atoms with E-state index in [0.717, 1.165) is 11.3 Å². The van der Waals surface area contributed by atoms with E-state index < -0.39 is 33.9 Å². The van der Waals surface area contributed by atoms with Gasteiger partial charge in [0, 0.05) is 6.04 Å². The third-order valence-electron chi connectivity index (χ3n) is 5.09. The number of carbonyl (C=O) groups excluding carboxylic acids is 2. The lowest BCUT2D eigenvalue weighted by Crippen LogP contribution is -2.42. The van der Waals surface area contributed by atoms with Crippen molar-refractivity contribution in [1.29, 1.82) is 0 Å². The molecule has 168 valence electrons. The van der Waals surface area contributed by atoms with Crippen molar-refractivity contribution in [3.8, 4) is 5.75 Å². The molecule has 2 heterocycles. The first kappa shape index (κ1) is 22.8. The summed E-state index contributed by atoms with van der Waals surface area (Å²) in [7, 11) is -3.10. The summed E-state index contributed by atoms with van der Waals surface area (Å²) in [4.78, 5) is 24.3. The van der Waals surface area contributed by atoms with Gasteiger partial charge in [-0.2, -0.15) is 0 Å². The molecule has 1 aromatic carbocycles. The summed E-state index contributed by atoms with van der Waals surface area (Å²) >= 11 is 0. The van der Waals surface area contributed by atoms with Crippen LogP contribution < -0.4 is 10.1 Å². The largest absolute Gasteiger partial charge is 0.489 e. The number of nitrogens with zero attached hydrogens (tertiary/aromatic N) is 1. The highest BCUT2D eigenvalue weighted by atomic mass is 32.2. The second kappa shape index (κ2) is 9.51. The third-order valence-corrected chi connectivity index (χ3v) is 6.86. The highest BCUT2D eigenvalue weighted by Gasteiger charge is 2.30. The molecule has 0 aliphatic carbocycles. The van der Waals surface area contributed by atoms with Crippen LogP contribution in [0.1, 0.15) is 35.9 Å². The van der Waals surface area contributed by atoms with E-state index >= 15 is 0 Å². The zero-order chi connectivity index (χ0) is 22.6. The highest BCUT2D eigenvalue weighted by molar-refractivity contribution is 7.91. The number of benzene rings is 1. The smallest absolute Gasteiger partial charge is 0.311 e. The van der Waals surface area contributed by atoms with Crippen LogP contribution in [0.3, 0.4) is 0 Å². The number of nitrogens with one attached hydrogen (secondary N) is 1. The summed E-state index contributed by atoms with van der Waals surface area (Å²) in [5.41, 5.74) is 2.39. The second-order valence-electron chi connectivity index (χ2n) is 7.65. The Kier molecular flexibility index (Phi) is 6.99. The maximum Gasteiger partial charge on any atom is 0.311 e. The van der Waals surface area contributed by atoms with E-state index in [2.05, 4.69) is 10.5 Å². The number of esters is 1. The number of amides is 1. The molecular formula is C21H26N2O7S. The lowest BCUT2D eigenvalue weighted by molar-refractivity contribution is -0.154. The molecule has 1 fully saturated rings. The zero-order valence-electron chi connectivity index (χ0n) is 17.7. The molecule has 31 heavy (non-hydrogen) atoms. The van der Waals surface area contributed by atoms with Gasteiger partial charge in [-0.25, -0.2) is 8.42 Å². The molecule has 2 aromatic rings. The maximum atomic E-state index is 12.2. The number of hydrogen-bond acceptors (Lipinski definition) is 8. The fraction of sp³-hybridized carbons (Fsp3) is 0.476. The number of ether oxygens (including phenoxy) is 2. The van der Waals surface area contributed by atoms with Gasteiger partial charge in [-0.15, -0.1) is 0 Å². The summed E-state index contributed by atoms with van der Waals surface area (Å²) in [6.07, 6.45) is -0.632. The van der Waals surface area contributed by atoms with E-state index in [4.69, 9.17) is 14.0 Å². The van der Waals surface area contributed by atoms with Gasteiger partial charge < -0.3 is 19.3 Å². The van der Waals surface area contributed by atoms with Gasteiger partial charge in [0.2, 0.25) is 0 Å². The van der Waals surface area contributed by atoms with Crippen LogP contribution >= 0.6 is 0 Å². The average molecular weight is 451 g/mol. The molecule has 0 bridgehead atoms. The van der Waals surface area contributed by atoms with Crippen LogP contribution in [-0.2, 0) is 37.2 Å². The molecular weight excluding hydrogens is 424 g/mol. The summed E-state index contributed by atoms with van der Waals surface area (Å²) in [5, 5.41) is 6.51. The van der Waals surface area contributed by atoms with E-state index in [1.54, 1.807) is 24.3 Å². The summed E-state index contributed by atoms with van der Waals surface area (Å²) < 4.78 is 39.0. The predicted octanol–water partition coefficient (Wildman–Crippen LogP) is 1.65. The molecule has 1 aromatic heterocycles. The molecule has 1 saturated heterocycles. The van der Waals surface area contributed by atoms with Crippen molar-refractivity contribution in [2.45, 2.75) is 52.4 Å². The third kappa shape index (κ3) is 6.30. The molecule has 0 spiro atoms. The number of aryl methyl sites for hydroxylation is 2. The topological polar surface area (TPSA) is 125 Å². The lowest BCUT2D eigenvalue weighted by atomic mass is 10.1. The van der Waals surface area contributed by atoms with E-state index in [9.17, 15) is 18.0 Å². The van der Waals surface area contributed by atoms with Gasteiger partial charge >= 0.3 is 5.97 Å². The predicted molar refractivity (Wildman–Crippen MR) is 111 cm³/mol. The van der Waals surface area contributed by atoms with Crippen LogP contribution in [0.25, 0.3) is 0 Å². The molecule has 0 unspecified atom stereocenters. The number of rotatable bonds is 8. The Hall–Kier alpha value is -2.88. The van der Waals surface area contributed by atoms with Gasteiger partial charge in [0.15, 0.2) is 15.9 Å². The Morgan fingerprint density at radius 1 is 1.26 bits per heavy atom. The number of hydrogen-bond donors (Lipinski definition) is 1. The zero-order valence-corrected chi connectivity index (χ0v) is 18.5. The van der Waals surface area contributed by atoms with Crippen molar-refractivity contribution in [1.82, 2.24) is 10.5 Å². The lowest BCUT2D eigenvalue weighted by Gasteiger charge is -2.16. The van der Waals surface area contributed by atoms with Crippen molar-refractivity contribution in [2.24, 2.45) is 0 Å². The van der Waals surface area contributed by atoms with Gasteiger partial charge in [-0.1, -0.05) is 17.3 Å². The molecule has 10 heteroatoms. The van der Waals surface area contributed by atoms with Crippen LogP contribution in [0.4, 0.5) is 0 Å². The first-order valence-electron chi connectivity index (χ1n) is 9.97. The van der Waals surface area contributed by atoms with Crippen LogP contribution in [0.15, 0.2) is 28.8 Å². The SMILES string of the molecule is Cc1noc(C)c1COc1ccc(CC(=O)O[C@@H](C)C(=O)N[C@@H]2CCS(=O)(=O)C2)cc1. The Labute approximate surface area is 181 Å². The van der Waals surface area contributed by atoms with Crippen molar-refractivity contribution in [3.63, 3.8) is 0 Å². The number of aromatic nitrogens is 1. The molecule has 1 N–H and O–H groups in total. The van der Waals surface area contributed by atoms with E-state index in [0.29, 0.717) is 30.1 Å². The minimum atomic E-state index is -3.10. The van der Waals surface area contributed by atoms with E-state index in [1.165, 1.54) is 6.92 Å². The number of carbonyl (C=O) groups is 2. The Bertz CT molecular complexity index is 1020. The monoisotopic (exact) mass is 450 g/mol. The first-order valence-corrected chi connectivity index (χ1v) is 11.8. The summed E-state index contributed by atoms with van der Waals surface area (Å²) in [6.45, 7) is 5.46. The Morgan fingerprint density at radius 2 is 1.97 bits per heavy atom. The highest BCUT2D eigenvalue weighted by Crippen LogP contribution is 2.18. The van der Waals surface area contributed by atoms with Crippen molar-refractivity contribution >= 4 is 21.7 Å². The van der Waals surface area contributed by atoms with Gasteiger partial charge in [-0.05, 0) is 44.9 Å². The van der Waals surface area contributed by atoms with E-state index in [1.807, 2.05) is 13.8 Å². The minimum absolute atomic E-state index is 0.000422. The number of sulfone groups is 1. The van der Waals surface area contributed by atoms with Gasteiger partial charge in [0.25, 0.3) is 5.91 Å². The van der Waals surface area contributed by atoms with Crippen molar-refractivity contribution in [2.75, 3.05) is 11.5 Å². The molecule has 0 saturated carbocycles. The second-order valence-corrected chi connectivity index (χ2v) is 9.88. The molecule has 9 nitrogen and oxygen atoms in total. The molecule has 3 rings (SSSR count). The standard InChI is InChI=1S/C21H26N2O7S/c1-13-19(14(2)30-23-13)11-28-18-6-4-16(5-7-18)10-20(24)29-15(3)21(25)22-17-8-9-31(26,27)12-17/h4-7,15,17H,8-12H2,1-3H3,(H,22,25)/t15-,17+/m0/s1. The fourth-order valence-electron chi connectivity index (χ4n) is 3.25. The Morgan fingerprint density at radius 3 is 2.55 bits per heavy atom. The normalized spacial score (nSPS) is 18.4. The molecule has 1 aliphatic heterocycles. The molecule has 0 radical (unpaired) electrons. The van der Waals surface area contributed by atoms with Crippen LogP contribution in [0, 0.1) is 13.8 Å². The van der Waals surface area contributed by atoms with Gasteiger partial charge in [0.1, 0.15) is 18.1 Å². The van der Waals surface area contributed by atoms with Crippen LogP contribution in [-0.4, -0.2) is 49.1 Å². The molecule has 2 atom stereocenters. The van der Waals surface area contributed by atoms with Crippen LogP contribution in [0.2, 0.25) is 0 Å².